The van der Waals surface area contributed by atoms with Crippen molar-refractivity contribution in [2.24, 2.45) is 0 Å². The van der Waals surface area contributed by atoms with E-state index in [9.17, 15) is 4.79 Å². The highest BCUT2D eigenvalue weighted by atomic mass is 79.9. The normalized spacial score (nSPS) is 15.9. The van der Waals surface area contributed by atoms with Gasteiger partial charge in [0.25, 0.3) is 0 Å². The van der Waals surface area contributed by atoms with Crippen LogP contribution in [0, 0.1) is 0 Å². The van der Waals surface area contributed by atoms with Gasteiger partial charge in [-0.1, -0.05) is 53.2 Å². The molecule has 0 spiro atoms. The van der Waals surface area contributed by atoms with Crippen molar-refractivity contribution in [1.29, 1.82) is 0 Å². The minimum Gasteiger partial charge on any atom is -0.481 e. The molecule has 0 fully saturated rings. The van der Waals surface area contributed by atoms with Gasteiger partial charge in [0, 0.05) is 23.0 Å². The van der Waals surface area contributed by atoms with Gasteiger partial charge in [-0.3, -0.25) is 4.79 Å². The maximum atomic E-state index is 11.8. The highest BCUT2D eigenvalue weighted by Gasteiger charge is 2.24. The first kappa shape index (κ1) is 16.8. The van der Waals surface area contributed by atoms with E-state index in [4.69, 9.17) is 4.74 Å². The molecular weight excluding hydrogens is 366 g/mol. The topological polar surface area (TPSA) is 38.3 Å². The smallest absolute Gasteiger partial charge is 0.220 e. The Balaban J connectivity index is 1.90. The number of nitrogens with one attached hydrogen (secondary N) is 1. The Morgan fingerprint density at radius 2 is 2.00 bits per heavy atom. The summed E-state index contributed by atoms with van der Waals surface area (Å²) in [6.45, 7) is 2.49. The summed E-state index contributed by atoms with van der Waals surface area (Å²) in [6.07, 6.45) is 3.33. The van der Waals surface area contributed by atoms with E-state index in [0.717, 1.165) is 33.3 Å². The molecule has 2 aromatic rings. The summed E-state index contributed by atoms with van der Waals surface area (Å²) in [5, 5.41) is 3.00. The van der Waals surface area contributed by atoms with Crippen molar-refractivity contribution in [1.82, 2.24) is 5.32 Å². The van der Waals surface area contributed by atoms with Crippen LogP contribution in [0.3, 0.4) is 0 Å². The second kappa shape index (κ2) is 7.67. The second-order valence-corrected chi connectivity index (χ2v) is 6.75. The van der Waals surface area contributed by atoms with Crippen LogP contribution in [-0.4, -0.2) is 12.5 Å². The molecule has 1 aliphatic rings. The molecule has 24 heavy (non-hydrogen) atoms. The maximum absolute atomic E-state index is 11.8. The van der Waals surface area contributed by atoms with E-state index < -0.39 is 0 Å². The van der Waals surface area contributed by atoms with Crippen LogP contribution < -0.4 is 10.1 Å². The van der Waals surface area contributed by atoms with Crippen LogP contribution in [0.2, 0.25) is 0 Å². The third-order valence-corrected chi connectivity index (χ3v) is 4.46. The van der Waals surface area contributed by atoms with Gasteiger partial charge in [-0.15, -0.1) is 0 Å². The molecule has 1 aliphatic heterocycles. The summed E-state index contributed by atoms with van der Waals surface area (Å²) in [4.78, 5) is 11.8. The van der Waals surface area contributed by atoms with Crippen molar-refractivity contribution in [2.75, 3.05) is 6.54 Å². The number of halogens is 1. The summed E-state index contributed by atoms with van der Waals surface area (Å²) in [5.74, 6) is 0.931. The number of carbonyl (C=O) groups excluding carboxylic acids is 1. The van der Waals surface area contributed by atoms with Crippen LogP contribution in [0.25, 0.3) is 6.08 Å². The first-order chi connectivity index (χ1) is 11.7. The van der Waals surface area contributed by atoms with Gasteiger partial charge < -0.3 is 10.1 Å². The largest absolute Gasteiger partial charge is 0.481 e. The van der Waals surface area contributed by atoms with Crippen molar-refractivity contribution in [3.05, 3.63) is 69.7 Å². The molecule has 2 aromatic carbocycles. The van der Waals surface area contributed by atoms with Gasteiger partial charge in [-0.05, 0) is 41.8 Å². The fraction of sp³-hybridized carbons (Fsp3) is 0.250. The number of fused-ring (bicyclic) bond motifs is 1. The Morgan fingerprint density at radius 3 is 2.75 bits per heavy atom. The number of benzene rings is 2. The van der Waals surface area contributed by atoms with Crippen LogP contribution in [0.4, 0.5) is 0 Å². The van der Waals surface area contributed by atoms with E-state index in [1.807, 2.05) is 43.3 Å². The molecule has 0 saturated heterocycles. The number of rotatable bonds is 5. The lowest BCUT2D eigenvalue weighted by molar-refractivity contribution is -0.120. The zero-order valence-corrected chi connectivity index (χ0v) is 15.2. The second-order valence-electron chi connectivity index (χ2n) is 5.84. The van der Waals surface area contributed by atoms with Crippen molar-refractivity contribution < 1.29 is 9.53 Å². The molecule has 124 valence electrons. The predicted octanol–water partition coefficient (Wildman–Crippen LogP) is 4.88. The molecule has 3 nitrogen and oxygen atoms in total. The van der Waals surface area contributed by atoms with E-state index in [1.54, 1.807) is 0 Å². The zero-order chi connectivity index (χ0) is 16.9. The Kier molecular flexibility index (Phi) is 5.36. The van der Waals surface area contributed by atoms with Crippen LogP contribution in [0.15, 0.2) is 58.6 Å². The average molecular weight is 386 g/mol. The van der Waals surface area contributed by atoms with Crippen molar-refractivity contribution >= 4 is 27.9 Å². The van der Waals surface area contributed by atoms with Crippen LogP contribution >= 0.6 is 15.9 Å². The fourth-order valence-electron chi connectivity index (χ4n) is 2.79. The maximum Gasteiger partial charge on any atom is 0.220 e. The molecule has 0 bridgehead atoms. The summed E-state index contributed by atoms with van der Waals surface area (Å²) in [6, 6.07) is 16.1. The van der Waals surface area contributed by atoms with Gasteiger partial charge in [0.2, 0.25) is 5.91 Å². The van der Waals surface area contributed by atoms with Gasteiger partial charge in [-0.25, -0.2) is 0 Å². The molecule has 0 aliphatic carbocycles. The number of carbonyl (C=O) groups is 1. The van der Waals surface area contributed by atoms with Gasteiger partial charge in [0.05, 0.1) is 0 Å². The van der Waals surface area contributed by atoms with Crippen LogP contribution in [0.1, 0.15) is 37.0 Å². The predicted molar refractivity (Wildman–Crippen MR) is 99.8 cm³/mol. The molecular formula is C20H20BrNO2. The van der Waals surface area contributed by atoms with E-state index in [1.165, 1.54) is 0 Å². The highest BCUT2D eigenvalue weighted by Crippen LogP contribution is 2.38. The number of amides is 1. The van der Waals surface area contributed by atoms with E-state index in [-0.39, 0.29) is 12.0 Å². The molecule has 1 amide bonds. The Bertz CT molecular complexity index is 755. The Labute approximate surface area is 150 Å². The molecule has 1 unspecified atom stereocenters. The average Bonchev–Trinajstić information content (AvgIpc) is 2.60. The SMILES string of the molecule is CCCC(=O)NCC1=Cc2cc(Br)ccc2OC1c1ccccc1. The number of ether oxygens (including phenoxy) is 1. The lowest BCUT2D eigenvalue weighted by atomic mass is 9.96. The minimum absolute atomic E-state index is 0.0743. The molecule has 0 aromatic heterocycles. The van der Waals surface area contributed by atoms with Crippen molar-refractivity contribution in [2.45, 2.75) is 25.9 Å². The third-order valence-electron chi connectivity index (χ3n) is 3.96. The number of hydrogen-bond donors (Lipinski definition) is 1. The minimum atomic E-state index is -0.179. The van der Waals surface area contributed by atoms with Gasteiger partial charge in [0.15, 0.2) is 0 Å². The highest BCUT2D eigenvalue weighted by molar-refractivity contribution is 9.10. The third kappa shape index (κ3) is 3.88. The van der Waals surface area contributed by atoms with Crippen LogP contribution in [0.5, 0.6) is 5.75 Å². The first-order valence-corrected chi connectivity index (χ1v) is 8.95. The quantitative estimate of drug-likeness (QED) is 0.795. The number of hydrogen-bond acceptors (Lipinski definition) is 2. The Hall–Kier alpha value is -2.07. The summed E-state index contributed by atoms with van der Waals surface area (Å²) in [7, 11) is 0. The van der Waals surface area contributed by atoms with Crippen LogP contribution in [-0.2, 0) is 4.79 Å². The monoisotopic (exact) mass is 385 g/mol. The standard InChI is InChI=1S/C20H20BrNO2/c1-2-6-19(23)22-13-16-11-15-12-17(21)9-10-18(15)24-20(16)14-7-4-3-5-8-14/h3-5,7-12,20H,2,6,13H2,1H3,(H,22,23). The van der Waals surface area contributed by atoms with E-state index in [0.29, 0.717) is 13.0 Å². The summed E-state index contributed by atoms with van der Waals surface area (Å²) in [5.41, 5.74) is 3.16. The summed E-state index contributed by atoms with van der Waals surface area (Å²) < 4.78 is 7.25. The van der Waals surface area contributed by atoms with E-state index >= 15 is 0 Å². The lowest BCUT2D eigenvalue weighted by Crippen LogP contribution is -2.29. The zero-order valence-electron chi connectivity index (χ0n) is 13.6. The van der Waals surface area contributed by atoms with Gasteiger partial charge >= 0.3 is 0 Å². The molecule has 1 atom stereocenters. The first-order valence-electron chi connectivity index (χ1n) is 8.15. The molecule has 4 heteroatoms. The molecule has 1 N–H and O–H groups in total. The van der Waals surface area contributed by atoms with Gasteiger partial charge in [0.1, 0.15) is 11.9 Å². The van der Waals surface area contributed by atoms with E-state index in [2.05, 4.69) is 39.5 Å². The van der Waals surface area contributed by atoms with Crippen molar-refractivity contribution in [3.63, 3.8) is 0 Å². The summed E-state index contributed by atoms with van der Waals surface area (Å²) >= 11 is 3.50. The Morgan fingerprint density at radius 1 is 1.21 bits per heavy atom. The molecule has 1 heterocycles. The lowest BCUT2D eigenvalue weighted by Gasteiger charge is -2.28. The van der Waals surface area contributed by atoms with Gasteiger partial charge in [-0.2, -0.15) is 0 Å². The molecule has 3 rings (SSSR count). The molecule has 0 radical (unpaired) electrons. The molecule has 0 saturated carbocycles. The van der Waals surface area contributed by atoms with Crippen molar-refractivity contribution in [3.8, 4) is 5.75 Å². The fourth-order valence-corrected chi connectivity index (χ4v) is 3.17.